The molecule has 3 nitrogen and oxygen atoms in total. The number of hydrogen-bond donors (Lipinski definition) is 1. The van der Waals surface area contributed by atoms with E-state index in [9.17, 15) is 4.79 Å². The smallest absolute Gasteiger partial charge is 0.161 e. The molecule has 0 aromatic heterocycles. The van der Waals surface area contributed by atoms with Crippen molar-refractivity contribution in [2.75, 3.05) is 17.7 Å². The molecular formula is C16H18N2O. The normalized spacial score (nSPS) is 10.2. The second kappa shape index (κ2) is 5.57. The molecule has 0 heterocycles. The summed E-state index contributed by atoms with van der Waals surface area (Å²) in [4.78, 5) is 13.6. The summed E-state index contributed by atoms with van der Waals surface area (Å²) in [5, 5.41) is 0. The largest absolute Gasteiger partial charge is 0.398 e. The molecule has 0 bridgehead atoms. The number of ketones is 1. The Morgan fingerprint density at radius 3 is 2.47 bits per heavy atom. The lowest BCUT2D eigenvalue weighted by atomic mass is 10.1. The third kappa shape index (κ3) is 3.13. The van der Waals surface area contributed by atoms with Crippen molar-refractivity contribution in [1.82, 2.24) is 0 Å². The van der Waals surface area contributed by atoms with Crippen LogP contribution >= 0.6 is 0 Å². The fourth-order valence-electron chi connectivity index (χ4n) is 2.04. The zero-order chi connectivity index (χ0) is 13.8. The number of carbonyl (C=O) groups is 1. The molecule has 0 fully saturated rings. The van der Waals surface area contributed by atoms with Crippen LogP contribution in [0.2, 0.25) is 0 Å². The second-order valence-corrected chi connectivity index (χ2v) is 4.67. The number of nitrogen functional groups attached to an aromatic ring is 1. The minimum Gasteiger partial charge on any atom is -0.398 e. The van der Waals surface area contributed by atoms with Gasteiger partial charge in [0.25, 0.3) is 0 Å². The van der Waals surface area contributed by atoms with E-state index < -0.39 is 0 Å². The summed E-state index contributed by atoms with van der Waals surface area (Å²) >= 11 is 0. The van der Waals surface area contributed by atoms with Crippen LogP contribution in [0.1, 0.15) is 22.8 Å². The summed E-state index contributed by atoms with van der Waals surface area (Å²) in [5.41, 5.74) is 9.13. The Labute approximate surface area is 113 Å². The summed E-state index contributed by atoms with van der Waals surface area (Å²) in [5.74, 6) is -0.00698. The van der Waals surface area contributed by atoms with Crippen molar-refractivity contribution in [3.63, 3.8) is 0 Å². The third-order valence-electron chi connectivity index (χ3n) is 3.12. The van der Waals surface area contributed by atoms with Crippen LogP contribution < -0.4 is 10.6 Å². The number of nitrogens with two attached hydrogens (primary N) is 1. The Morgan fingerprint density at radius 2 is 1.84 bits per heavy atom. The quantitative estimate of drug-likeness (QED) is 0.673. The monoisotopic (exact) mass is 254 g/mol. The van der Waals surface area contributed by atoms with Gasteiger partial charge in [-0.05, 0) is 30.7 Å². The van der Waals surface area contributed by atoms with Crippen LogP contribution in [0, 0.1) is 0 Å². The molecule has 0 aliphatic carbocycles. The van der Waals surface area contributed by atoms with Crippen LogP contribution in [0.5, 0.6) is 0 Å². The van der Waals surface area contributed by atoms with Gasteiger partial charge in [-0.3, -0.25) is 4.79 Å². The molecule has 19 heavy (non-hydrogen) atoms. The van der Waals surface area contributed by atoms with Gasteiger partial charge in [-0.1, -0.05) is 30.3 Å². The van der Waals surface area contributed by atoms with Gasteiger partial charge in [0, 0.05) is 30.5 Å². The summed E-state index contributed by atoms with van der Waals surface area (Å²) in [7, 11) is 2.00. The fraction of sp³-hybridized carbons (Fsp3) is 0.188. The fourth-order valence-corrected chi connectivity index (χ4v) is 2.04. The molecule has 0 unspecified atom stereocenters. The molecule has 2 rings (SSSR count). The van der Waals surface area contributed by atoms with Gasteiger partial charge in [-0.25, -0.2) is 0 Å². The van der Waals surface area contributed by atoms with Gasteiger partial charge in [-0.15, -0.1) is 0 Å². The number of carbonyl (C=O) groups excluding carboxylic acids is 1. The second-order valence-electron chi connectivity index (χ2n) is 4.67. The lowest BCUT2D eigenvalue weighted by Gasteiger charge is -2.20. The Kier molecular flexibility index (Phi) is 3.85. The molecule has 0 saturated heterocycles. The van der Waals surface area contributed by atoms with Gasteiger partial charge in [-0.2, -0.15) is 0 Å². The van der Waals surface area contributed by atoms with Crippen LogP contribution in [0.15, 0.2) is 48.5 Å². The zero-order valence-electron chi connectivity index (χ0n) is 11.3. The first-order chi connectivity index (χ1) is 9.08. The van der Waals surface area contributed by atoms with Gasteiger partial charge >= 0.3 is 0 Å². The van der Waals surface area contributed by atoms with Crippen molar-refractivity contribution in [3.8, 4) is 0 Å². The predicted molar refractivity (Wildman–Crippen MR) is 79.4 cm³/mol. The third-order valence-corrected chi connectivity index (χ3v) is 3.12. The SMILES string of the molecule is CC(=O)c1cc(N(C)Cc2ccccc2)ccc1N. The van der Waals surface area contributed by atoms with Gasteiger partial charge in [0.05, 0.1) is 0 Å². The molecule has 0 aliphatic rings. The van der Waals surface area contributed by atoms with Gasteiger partial charge < -0.3 is 10.6 Å². The average Bonchev–Trinajstić information content (AvgIpc) is 2.40. The van der Waals surface area contributed by atoms with Gasteiger partial charge in [0.2, 0.25) is 0 Å². The number of rotatable bonds is 4. The van der Waals surface area contributed by atoms with Crippen LogP contribution in [0.4, 0.5) is 11.4 Å². The molecule has 2 aromatic rings. The number of nitrogens with zero attached hydrogens (tertiary/aromatic N) is 1. The van der Waals surface area contributed by atoms with E-state index in [1.807, 2.05) is 37.4 Å². The van der Waals surface area contributed by atoms with Crippen LogP contribution in [0.3, 0.4) is 0 Å². The molecule has 0 atom stereocenters. The number of hydrogen-bond acceptors (Lipinski definition) is 3. The maximum Gasteiger partial charge on any atom is 0.161 e. The Bertz CT molecular complexity index is 579. The first kappa shape index (κ1) is 13.1. The molecule has 0 saturated carbocycles. The van der Waals surface area contributed by atoms with Gasteiger partial charge in [0.15, 0.2) is 5.78 Å². The lowest BCUT2D eigenvalue weighted by Crippen LogP contribution is -2.17. The summed E-state index contributed by atoms with van der Waals surface area (Å²) in [6.45, 7) is 2.33. The minimum absolute atomic E-state index is 0.00698. The predicted octanol–water partition coefficient (Wildman–Crippen LogP) is 3.11. The maximum absolute atomic E-state index is 11.5. The molecule has 0 amide bonds. The van der Waals surface area contributed by atoms with E-state index in [1.165, 1.54) is 12.5 Å². The van der Waals surface area contributed by atoms with E-state index in [-0.39, 0.29) is 5.78 Å². The molecule has 0 aliphatic heterocycles. The highest BCUT2D eigenvalue weighted by Gasteiger charge is 2.08. The summed E-state index contributed by atoms with van der Waals surface area (Å²) in [6.07, 6.45) is 0. The van der Waals surface area contributed by atoms with Gasteiger partial charge in [0.1, 0.15) is 0 Å². The lowest BCUT2D eigenvalue weighted by molar-refractivity contribution is 0.101. The van der Waals surface area contributed by atoms with Crippen LogP contribution in [0.25, 0.3) is 0 Å². The van der Waals surface area contributed by atoms with E-state index in [2.05, 4.69) is 17.0 Å². The Balaban J connectivity index is 2.22. The van der Waals surface area contributed by atoms with E-state index >= 15 is 0 Å². The number of benzene rings is 2. The Morgan fingerprint density at radius 1 is 1.16 bits per heavy atom. The molecule has 2 N–H and O–H groups in total. The molecule has 98 valence electrons. The van der Waals surface area contributed by atoms with E-state index in [1.54, 1.807) is 6.07 Å². The summed E-state index contributed by atoms with van der Waals surface area (Å²) < 4.78 is 0. The Hall–Kier alpha value is -2.29. The summed E-state index contributed by atoms with van der Waals surface area (Å²) in [6, 6.07) is 15.8. The number of anilines is 2. The van der Waals surface area contributed by atoms with Crippen molar-refractivity contribution >= 4 is 17.2 Å². The van der Waals surface area contributed by atoms with E-state index in [0.717, 1.165) is 12.2 Å². The van der Waals surface area contributed by atoms with Crippen molar-refractivity contribution in [2.45, 2.75) is 13.5 Å². The molecule has 3 heteroatoms. The highest BCUT2D eigenvalue weighted by atomic mass is 16.1. The molecule has 2 aromatic carbocycles. The van der Waals surface area contributed by atoms with Crippen molar-refractivity contribution in [1.29, 1.82) is 0 Å². The van der Waals surface area contributed by atoms with E-state index in [4.69, 9.17) is 5.73 Å². The molecular weight excluding hydrogens is 236 g/mol. The standard InChI is InChI=1S/C16H18N2O/c1-12(19)15-10-14(8-9-16(15)17)18(2)11-13-6-4-3-5-7-13/h3-10H,11,17H2,1-2H3. The van der Waals surface area contributed by atoms with Crippen molar-refractivity contribution in [3.05, 3.63) is 59.7 Å². The van der Waals surface area contributed by atoms with E-state index in [0.29, 0.717) is 11.3 Å². The van der Waals surface area contributed by atoms with Crippen LogP contribution in [-0.2, 0) is 6.54 Å². The van der Waals surface area contributed by atoms with Crippen molar-refractivity contribution < 1.29 is 4.79 Å². The first-order valence-corrected chi connectivity index (χ1v) is 6.23. The maximum atomic E-state index is 11.5. The molecule has 0 spiro atoms. The van der Waals surface area contributed by atoms with Crippen molar-refractivity contribution in [2.24, 2.45) is 0 Å². The highest BCUT2D eigenvalue weighted by molar-refractivity contribution is 6.00. The zero-order valence-corrected chi connectivity index (χ0v) is 11.3. The first-order valence-electron chi connectivity index (χ1n) is 6.23. The topological polar surface area (TPSA) is 46.3 Å². The van der Waals surface area contributed by atoms with Crippen LogP contribution in [-0.4, -0.2) is 12.8 Å². The minimum atomic E-state index is -0.00698. The molecule has 0 radical (unpaired) electrons. The number of Topliss-reactive ketones (excluding diaryl/α,β-unsaturated/α-hetero) is 1. The average molecular weight is 254 g/mol. The highest BCUT2D eigenvalue weighted by Crippen LogP contribution is 2.22.